The smallest absolute Gasteiger partial charge is 0.320 e. The van der Waals surface area contributed by atoms with Gasteiger partial charge in [-0.3, -0.25) is 9.59 Å². The lowest BCUT2D eigenvalue weighted by atomic mass is 9.97. The number of primary amides is 1. The van der Waals surface area contributed by atoms with Gasteiger partial charge in [-0.05, 0) is 12.8 Å². The first-order valence-corrected chi connectivity index (χ1v) is 3.87. The molecule has 0 rings (SSSR count). The number of carbonyl (C=O) groups is 2. The SMILES string of the molecule is NC(=O)C(CCO)C[C@H](N)C(=O)O. The average Bonchev–Trinajstić information content (AvgIpc) is 2.03. The third kappa shape index (κ3) is 4.44. The van der Waals surface area contributed by atoms with Crippen molar-refractivity contribution in [1.29, 1.82) is 0 Å². The molecular formula is C7H14N2O4. The van der Waals surface area contributed by atoms with Gasteiger partial charge in [0.25, 0.3) is 0 Å². The number of aliphatic carboxylic acids is 1. The number of carbonyl (C=O) groups excluding carboxylic acids is 1. The molecule has 1 amide bonds. The molecule has 13 heavy (non-hydrogen) atoms. The molecule has 0 aliphatic heterocycles. The van der Waals surface area contributed by atoms with Crippen LogP contribution in [0.2, 0.25) is 0 Å². The van der Waals surface area contributed by atoms with Gasteiger partial charge in [0.15, 0.2) is 0 Å². The van der Waals surface area contributed by atoms with Crippen LogP contribution >= 0.6 is 0 Å². The summed E-state index contributed by atoms with van der Waals surface area (Å²) in [5, 5.41) is 17.0. The number of aliphatic hydroxyl groups excluding tert-OH is 1. The van der Waals surface area contributed by atoms with E-state index in [0.29, 0.717) is 0 Å². The first-order valence-electron chi connectivity index (χ1n) is 3.87. The topological polar surface area (TPSA) is 127 Å². The zero-order chi connectivity index (χ0) is 10.4. The molecule has 0 saturated carbocycles. The molecule has 0 heterocycles. The Kier molecular flexibility index (Phi) is 5.01. The average molecular weight is 190 g/mol. The van der Waals surface area contributed by atoms with Crippen molar-refractivity contribution in [1.82, 2.24) is 0 Å². The Morgan fingerprint density at radius 2 is 1.92 bits per heavy atom. The summed E-state index contributed by atoms with van der Waals surface area (Å²) in [6.45, 7) is -0.208. The van der Waals surface area contributed by atoms with E-state index >= 15 is 0 Å². The Labute approximate surface area is 75.5 Å². The molecular weight excluding hydrogens is 176 g/mol. The highest BCUT2D eigenvalue weighted by Crippen LogP contribution is 2.09. The van der Waals surface area contributed by atoms with Crippen LogP contribution < -0.4 is 11.5 Å². The predicted molar refractivity (Wildman–Crippen MR) is 44.6 cm³/mol. The number of rotatable bonds is 6. The van der Waals surface area contributed by atoms with Gasteiger partial charge in [-0.15, -0.1) is 0 Å². The summed E-state index contributed by atoms with van der Waals surface area (Å²) in [6.07, 6.45) is 0.113. The molecule has 0 aromatic carbocycles. The second-order valence-electron chi connectivity index (χ2n) is 2.79. The van der Waals surface area contributed by atoms with Crippen molar-refractivity contribution in [2.45, 2.75) is 18.9 Å². The Morgan fingerprint density at radius 3 is 2.23 bits per heavy atom. The summed E-state index contributed by atoms with van der Waals surface area (Å²) in [7, 11) is 0. The van der Waals surface area contributed by atoms with E-state index in [1.54, 1.807) is 0 Å². The molecule has 6 nitrogen and oxygen atoms in total. The fourth-order valence-corrected chi connectivity index (χ4v) is 0.939. The van der Waals surface area contributed by atoms with Crippen LogP contribution in [-0.2, 0) is 9.59 Å². The predicted octanol–water partition coefficient (Wildman–Crippen LogP) is -1.73. The first-order chi connectivity index (χ1) is 5.99. The van der Waals surface area contributed by atoms with Crippen LogP contribution in [0.3, 0.4) is 0 Å². The number of aliphatic hydroxyl groups is 1. The Bertz CT molecular complexity index is 195. The van der Waals surface area contributed by atoms with Gasteiger partial charge in [0.05, 0.1) is 0 Å². The Morgan fingerprint density at radius 1 is 1.38 bits per heavy atom. The van der Waals surface area contributed by atoms with Gasteiger partial charge in [-0.1, -0.05) is 0 Å². The number of carboxylic acid groups (broad SMARTS) is 1. The number of hydrogen-bond acceptors (Lipinski definition) is 4. The van der Waals surface area contributed by atoms with Crippen LogP contribution in [0.15, 0.2) is 0 Å². The zero-order valence-corrected chi connectivity index (χ0v) is 7.14. The number of nitrogens with two attached hydrogens (primary N) is 2. The number of hydrogen-bond donors (Lipinski definition) is 4. The van der Waals surface area contributed by atoms with Crippen LogP contribution in [0.1, 0.15) is 12.8 Å². The van der Waals surface area contributed by atoms with E-state index in [1.165, 1.54) is 0 Å². The van der Waals surface area contributed by atoms with Gasteiger partial charge in [0, 0.05) is 12.5 Å². The molecule has 0 aromatic rings. The minimum absolute atomic E-state index is 0.0365. The molecule has 0 aromatic heterocycles. The van der Waals surface area contributed by atoms with Crippen molar-refractivity contribution < 1.29 is 19.8 Å². The molecule has 1 unspecified atom stereocenters. The molecule has 76 valence electrons. The maximum absolute atomic E-state index is 10.7. The number of amides is 1. The maximum Gasteiger partial charge on any atom is 0.320 e. The molecule has 0 fully saturated rings. The van der Waals surface area contributed by atoms with E-state index in [0.717, 1.165) is 0 Å². The highest BCUT2D eigenvalue weighted by Gasteiger charge is 2.22. The van der Waals surface area contributed by atoms with E-state index in [9.17, 15) is 9.59 Å². The second-order valence-corrected chi connectivity index (χ2v) is 2.79. The minimum Gasteiger partial charge on any atom is -0.480 e. The van der Waals surface area contributed by atoms with Crippen molar-refractivity contribution in [3.63, 3.8) is 0 Å². The fourth-order valence-electron chi connectivity index (χ4n) is 0.939. The largest absolute Gasteiger partial charge is 0.480 e. The summed E-state index contributed by atoms with van der Waals surface area (Å²) in [5.41, 5.74) is 10.2. The summed E-state index contributed by atoms with van der Waals surface area (Å²) in [6, 6.07) is -1.11. The quantitative estimate of drug-likeness (QED) is 0.396. The van der Waals surface area contributed by atoms with Crippen LogP contribution in [0.25, 0.3) is 0 Å². The summed E-state index contributed by atoms with van der Waals surface area (Å²) < 4.78 is 0. The van der Waals surface area contributed by atoms with E-state index in [2.05, 4.69) is 0 Å². The van der Waals surface area contributed by atoms with Crippen molar-refractivity contribution >= 4 is 11.9 Å². The second kappa shape index (κ2) is 5.50. The van der Waals surface area contributed by atoms with Crippen molar-refractivity contribution in [2.24, 2.45) is 17.4 Å². The van der Waals surface area contributed by atoms with Crippen molar-refractivity contribution in [3.8, 4) is 0 Å². The summed E-state index contributed by atoms with van der Waals surface area (Å²) >= 11 is 0. The van der Waals surface area contributed by atoms with Crippen LogP contribution in [0.4, 0.5) is 0 Å². The van der Waals surface area contributed by atoms with Gasteiger partial charge in [0.1, 0.15) is 6.04 Å². The Hall–Kier alpha value is -1.14. The van der Waals surface area contributed by atoms with Crippen molar-refractivity contribution in [2.75, 3.05) is 6.61 Å². The Balaban J connectivity index is 4.09. The van der Waals surface area contributed by atoms with Gasteiger partial charge in [0.2, 0.25) is 5.91 Å². The first kappa shape index (κ1) is 11.9. The maximum atomic E-state index is 10.7. The lowest BCUT2D eigenvalue weighted by Gasteiger charge is -2.13. The van der Waals surface area contributed by atoms with E-state index in [1.807, 2.05) is 0 Å². The lowest BCUT2D eigenvalue weighted by Crippen LogP contribution is -2.36. The monoisotopic (exact) mass is 190 g/mol. The molecule has 0 aliphatic carbocycles. The lowest BCUT2D eigenvalue weighted by molar-refractivity contribution is -0.139. The third-order valence-corrected chi connectivity index (χ3v) is 1.74. The highest BCUT2D eigenvalue weighted by atomic mass is 16.4. The van der Waals surface area contributed by atoms with E-state index < -0.39 is 23.8 Å². The van der Waals surface area contributed by atoms with Crippen LogP contribution in [0, 0.1) is 5.92 Å². The van der Waals surface area contributed by atoms with Crippen LogP contribution in [-0.4, -0.2) is 34.7 Å². The molecule has 0 bridgehead atoms. The van der Waals surface area contributed by atoms with Gasteiger partial charge in [-0.2, -0.15) is 0 Å². The van der Waals surface area contributed by atoms with Crippen LogP contribution in [0.5, 0.6) is 0 Å². The third-order valence-electron chi connectivity index (χ3n) is 1.74. The van der Waals surface area contributed by atoms with E-state index in [-0.39, 0.29) is 19.4 Å². The summed E-state index contributed by atoms with van der Waals surface area (Å²) in [5.74, 6) is -2.48. The molecule has 0 saturated heterocycles. The summed E-state index contributed by atoms with van der Waals surface area (Å²) in [4.78, 5) is 21.0. The molecule has 0 radical (unpaired) electrons. The normalized spacial score (nSPS) is 14.9. The zero-order valence-electron chi connectivity index (χ0n) is 7.14. The highest BCUT2D eigenvalue weighted by molar-refractivity contribution is 5.79. The standard InChI is InChI=1S/C7H14N2O4/c8-5(7(12)13)3-4(1-2-10)6(9)11/h4-5,10H,1-3,8H2,(H2,9,11)(H,12,13)/t4?,5-/m0/s1. The molecule has 6 heteroatoms. The van der Waals surface area contributed by atoms with Gasteiger partial charge < -0.3 is 21.7 Å². The molecule has 2 atom stereocenters. The molecule has 0 aliphatic rings. The van der Waals surface area contributed by atoms with Gasteiger partial charge >= 0.3 is 5.97 Å². The fraction of sp³-hybridized carbons (Fsp3) is 0.714. The number of carboxylic acids is 1. The molecule has 6 N–H and O–H groups in total. The minimum atomic E-state index is -1.18. The van der Waals surface area contributed by atoms with Crippen molar-refractivity contribution in [3.05, 3.63) is 0 Å². The van der Waals surface area contributed by atoms with Gasteiger partial charge in [-0.25, -0.2) is 0 Å². The van der Waals surface area contributed by atoms with E-state index in [4.69, 9.17) is 21.7 Å². The molecule has 0 spiro atoms.